The largest absolute Gasteiger partial charge is 0.350 e. The second-order valence-corrected chi connectivity index (χ2v) is 4.89. The molecule has 3 nitrogen and oxygen atoms in total. The smallest absolute Gasteiger partial charge is 0.253 e. The average molecular weight is 306 g/mol. The van der Waals surface area contributed by atoms with Gasteiger partial charge in [0.25, 0.3) is 5.91 Å². The summed E-state index contributed by atoms with van der Waals surface area (Å²) in [5.74, 6) is 0.523. The summed E-state index contributed by atoms with van der Waals surface area (Å²) in [5.41, 5.74) is 0.562. The molecule has 0 aliphatic carbocycles. The van der Waals surface area contributed by atoms with Gasteiger partial charge >= 0.3 is 0 Å². The van der Waals surface area contributed by atoms with E-state index in [0.717, 1.165) is 17.3 Å². The summed E-state index contributed by atoms with van der Waals surface area (Å²) in [4.78, 5) is 15.7. The molecule has 0 saturated heterocycles. The Morgan fingerprint density at radius 3 is 3.00 bits per heavy atom. The molecule has 0 aliphatic rings. The van der Waals surface area contributed by atoms with Crippen LogP contribution in [0.2, 0.25) is 0 Å². The molecule has 0 radical (unpaired) electrons. The number of carbonyl (C=O) groups excluding carboxylic acids is 1. The van der Waals surface area contributed by atoms with Gasteiger partial charge < -0.3 is 5.32 Å². The number of aromatic nitrogens is 1. The highest BCUT2D eigenvalue weighted by molar-refractivity contribution is 9.10. The van der Waals surface area contributed by atoms with Crippen LogP contribution in [0.5, 0.6) is 0 Å². The van der Waals surface area contributed by atoms with Crippen LogP contribution in [0.1, 0.15) is 30.1 Å². The molecular weight excluding hydrogens is 291 g/mol. The number of alkyl halides is 1. The second-order valence-electron chi connectivity index (χ2n) is 3.60. The normalized spacial score (nSPS) is 12.2. The van der Waals surface area contributed by atoms with E-state index in [-0.39, 0.29) is 11.9 Å². The van der Waals surface area contributed by atoms with E-state index in [4.69, 9.17) is 11.6 Å². The molecular formula is C11H14BrClN2O. The molecule has 1 rings (SSSR count). The minimum Gasteiger partial charge on any atom is -0.350 e. The Labute approximate surface area is 109 Å². The van der Waals surface area contributed by atoms with Crippen LogP contribution in [0.25, 0.3) is 0 Å². The van der Waals surface area contributed by atoms with Gasteiger partial charge in [0.2, 0.25) is 0 Å². The van der Waals surface area contributed by atoms with Crippen molar-refractivity contribution in [1.29, 1.82) is 0 Å². The van der Waals surface area contributed by atoms with Crippen LogP contribution >= 0.6 is 27.5 Å². The van der Waals surface area contributed by atoms with Crippen molar-refractivity contribution in [3.63, 3.8) is 0 Å². The van der Waals surface area contributed by atoms with Gasteiger partial charge in [-0.2, -0.15) is 0 Å². The van der Waals surface area contributed by atoms with Crippen LogP contribution in [0.3, 0.4) is 0 Å². The van der Waals surface area contributed by atoms with E-state index in [1.165, 1.54) is 0 Å². The maximum Gasteiger partial charge on any atom is 0.253 e. The summed E-state index contributed by atoms with van der Waals surface area (Å²) in [7, 11) is 0. The van der Waals surface area contributed by atoms with Gasteiger partial charge in [-0.3, -0.25) is 9.78 Å². The van der Waals surface area contributed by atoms with E-state index in [9.17, 15) is 4.79 Å². The first kappa shape index (κ1) is 13.5. The van der Waals surface area contributed by atoms with E-state index < -0.39 is 0 Å². The number of hydrogen-bond donors (Lipinski definition) is 1. The lowest BCUT2D eigenvalue weighted by molar-refractivity contribution is 0.0938. The number of pyridine rings is 1. The monoisotopic (exact) mass is 304 g/mol. The van der Waals surface area contributed by atoms with Gasteiger partial charge in [0.1, 0.15) is 0 Å². The van der Waals surface area contributed by atoms with Gasteiger partial charge in [0.15, 0.2) is 0 Å². The third-order valence-electron chi connectivity index (χ3n) is 2.12. The number of carbonyl (C=O) groups is 1. The summed E-state index contributed by atoms with van der Waals surface area (Å²) in [6.07, 6.45) is 4.98. The minimum atomic E-state index is -0.101. The summed E-state index contributed by atoms with van der Waals surface area (Å²) >= 11 is 8.87. The van der Waals surface area contributed by atoms with Crippen molar-refractivity contribution in [3.05, 3.63) is 28.5 Å². The van der Waals surface area contributed by atoms with Gasteiger partial charge in [-0.25, -0.2) is 0 Å². The van der Waals surface area contributed by atoms with E-state index in [1.807, 2.05) is 6.92 Å². The standard InChI is InChI=1S/C11H14BrClN2O/c1-8(3-2-4-13)15-11(16)9-5-10(12)7-14-6-9/h5-8H,2-4H2,1H3,(H,15,16). The first-order valence-corrected chi connectivity index (χ1v) is 6.43. The summed E-state index contributed by atoms with van der Waals surface area (Å²) in [6.45, 7) is 1.97. The van der Waals surface area contributed by atoms with Crippen LogP contribution in [-0.4, -0.2) is 22.8 Å². The third-order valence-corrected chi connectivity index (χ3v) is 2.82. The quantitative estimate of drug-likeness (QED) is 0.850. The van der Waals surface area contributed by atoms with Crippen LogP contribution in [0, 0.1) is 0 Å². The molecule has 1 N–H and O–H groups in total. The third kappa shape index (κ3) is 4.49. The van der Waals surface area contributed by atoms with Crippen LogP contribution in [-0.2, 0) is 0 Å². The lowest BCUT2D eigenvalue weighted by atomic mass is 10.2. The molecule has 0 spiro atoms. The molecule has 1 aromatic rings. The Hall–Kier alpha value is -0.610. The molecule has 1 amide bonds. The Bertz CT molecular complexity index is 360. The predicted molar refractivity (Wildman–Crippen MR) is 68.8 cm³/mol. The zero-order chi connectivity index (χ0) is 12.0. The first-order chi connectivity index (χ1) is 7.63. The van der Waals surface area contributed by atoms with E-state index in [2.05, 4.69) is 26.2 Å². The van der Waals surface area contributed by atoms with Crippen molar-refractivity contribution >= 4 is 33.4 Å². The average Bonchev–Trinajstić information content (AvgIpc) is 2.26. The molecule has 0 aromatic carbocycles. The zero-order valence-electron chi connectivity index (χ0n) is 9.04. The van der Waals surface area contributed by atoms with Crippen molar-refractivity contribution in [2.75, 3.05) is 5.88 Å². The van der Waals surface area contributed by atoms with Gasteiger partial charge in [-0.15, -0.1) is 11.6 Å². The van der Waals surface area contributed by atoms with Gasteiger partial charge in [-0.1, -0.05) is 0 Å². The Morgan fingerprint density at radius 2 is 2.38 bits per heavy atom. The highest BCUT2D eigenvalue weighted by Gasteiger charge is 2.09. The minimum absolute atomic E-state index is 0.101. The molecule has 16 heavy (non-hydrogen) atoms. The Balaban J connectivity index is 2.52. The fourth-order valence-corrected chi connectivity index (χ4v) is 1.82. The molecule has 1 heterocycles. The van der Waals surface area contributed by atoms with E-state index in [0.29, 0.717) is 11.4 Å². The van der Waals surface area contributed by atoms with Crippen molar-refractivity contribution in [1.82, 2.24) is 10.3 Å². The molecule has 0 saturated carbocycles. The lowest BCUT2D eigenvalue weighted by Crippen LogP contribution is -2.32. The molecule has 0 bridgehead atoms. The van der Waals surface area contributed by atoms with Crippen molar-refractivity contribution < 1.29 is 4.79 Å². The van der Waals surface area contributed by atoms with E-state index in [1.54, 1.807) is 18.5 Å². The van der Waals surface area contributed by atoms with Crippen LogP contribution < -0.4 is 5.32 Å². The van der Waals surface area contributed by atoms with Crippen molar-refractivity contribution in [2.45, 2.75) is 25.8 Å². The zero-order valence-corrected chi connectivity index (χ0v) is 11.4. The second kappa shape index (κ2) is 6.86. The summed E-state index contributed by atoms with van der Waals surface area (Å²) in [5, 5.41) is 2.90. The number of amides is 1. The van der Waals surface area contributed by atoms with Gasteiger partial charge in [0, 0.05) is 28.8 Å². The molecule has 1 atom stereocenters. The predicted octanol–water partition coefficient (Wildman–Crippen LogP) is 2.98. The maximum atomic E-state index is 11.8. The Morgan fingerprint density at radius 1 is 1.62 bits per heavy atom. The highest BCUT2D eigenvalue weighted by Crippen LogP contribution is 2.10. The molecule has 0 fully saturated rings. The molecule has 5 heteroatoms. The summed E-state index contributed by atoms with van der Waals surface area (Å²) < 4.78 is 0.800. The molecule has 1 unspecified atom stereocenters. The number of rotatable bonds is 5. The van der Waals surface area contributed by atoms with E-state index >= 15 is 0 Å². The SMILES string of the molecule is CC(CCCCl)NC(=O)c1cncc(Br)c1. The highest BCUT2D eigenvalue weighted by atomic mass is 79.9. The summed E-state index contributed by atoms with van der Waals surface area (Å²) in [6, 6.07) is 1.88. The fraction of sp³-hybridized carbons (Fsp3) is 0.455. The van der Waals surface area contributed by atoms with Gasteiger partial charge in [0.05, 0.1) is 5.56 Å². The topological polar surface area (TPSA) is 42.0 Å². The number of halogens is 2. The first-order valence-electron chi connectivity index (χ1n) is 5.11. The number of nitrogens with zero attached hydrogens (tertiary/aromatic N) is 1. The fourth-order valence-electron chi connectivity index (χ4n) is 1.30. The van der Waals surface area contributed by atoms with Crippen LogP contribution in [0.15, 0.2) is 22.9 Å². The Kier molecular flexibility index (Phi) is 5.77. The van der Waals surface area contributed by atoms with Crippen molar-refractivity contribution in [2.24, 2.45) is 0 Å². The molecule has 1 aromatic heterocycles. The molecule has 0 aliphatic heterocycles. The number of nitrogens with one attached hydrogen (secondary N) is 1. The molecule has 88 valence electrons. The lowest BCUT2D eigenvalue weighted by Gasteiger charge is -2.12. The van der Waals surface area contributed by atoms with Gasteiger partial charge in [-0.05, 0) is 41.8 Å². The van der Waals surface area contributed by atoms with Crippen molar-refractivity contribution in [3.8, 4) is 0 Å². The van der Waals surface area contributed by atoms with Crippen LogP contribution in [0.4, 0.5) is 0 Å². The maximum absolute atomic E-state index is 11.8. The number of hydrogen-bond acceptors (Lipinski definition) is 2.